The summed E-state index contributed by atoms with van der Waals surface area (Å²) in [6.07, 6.45) is 2.41. The summed E-state index contributed by atoms with van der Waals surface area (Å²) >= 11 is 0. The molecule has 1 fully saturated rings. The summed E-state index contributed by atoms with van der Waals surface area (Å²) in [7, 11) is 0. The normalized spacial score (nSPS) is 31.4. The maximum atomic E-state index is 11.5. The number of nitrogens with zero attached hydrogens (tertiary/aromatic N) is 1. The van der Waals surface area contributed by atoms with E-state index in [0.717, 1.165) is 19.4 Å². The van der Waals surface area contributed by atoms with Crippen molar-refractivity contribution < 1.29 is 9.90 Å². The van der Waals surface area contributed by atoms with E-state index in [1.165, 1.54) is 0 Å². The standard InChI is InChI=1S/C11H21NO2/c1-4-10(13)9(2)12-7-5-6-11(3,14)8-12/h9,14H,4-8H2,1-3H3. The predicted octanol–water partition coefficient (Wildman–Crippen LogP) is 1.20. The molecule has 0 bridgehead atoms. The molecule has 1 N–H and O–H groups in total. The monoisotopic (exact) mass is 199 g/mol. The highest BCUT2D eigenvalue weighted by Crippen LogP contribution is 2.22. The Morgan fingerprint density at radius 2 is 2.29 bits per heavy atom. The van der Waals surface area contributed by atoms with Crippen LogP contribution in [0.15, 0.2) is 0 Å². The average molecular weight is 199 g/mol. The van der Waals surface area contributed by atoms with Crippen molar-refractivity contribution in [3.05, 3.63) is 0 Å². The van der Waals surface area contributed by atoms with Gasteiger partial charge in [-0.3, -0.25) is 9.69 Å². The Morgan fingerprint density at radius 3 is 2.79 bits per heavy atom. The summed E-state index contributed by atoms with van der Waals surface area (Å²) in [5.74, 6) is 0.266. The second-order valence-electron chi connectivity index (χ2n) is 4.57. The van der Waals surface area contributed by atoms with Gasteiger partial charge in [0, 0.05) is 13.0 Å². The van der Waals surface area contributed by atoms with Crippen LogP contribution in [0.3, 0.4) is 0 Å². The van der Waals surface area contributed by atoms with Gasteiger partial charge in [-0.05, 0) is 33.2 Å². The van der Waals surface area contributed by atoms with Crippen LogP contribution in [0.2, 0.25) is 0 Å². The first-order valence-electron chi connectivity index (χ1n) is 5.45. The highest BCUT2D eigenvalue weighted by molar-refractivity contribution is 5.83. The molecule has 1 aliphatic rings. The summed E-state index contributed by atoms with van der Waals surface area (Å²) in [5, 5.41) is 9.90. The third-order valence-electron chi connectivity index (χ3n) is 3.07. The number of carbonyl (C=O) groups excluding carboxylic acids is 1. The van der Waals surface area contributed by atoms with Crippen molar-refractivity contribution >= 4 is 5.78 Å². The van der Waals surface area contributed by atoms with Gasteiger partial charge in [-0.25, -0.2) is 0 Å². The van der Waals surface area contributed by atoms with Crippen molar-refractivity contribution in [1.29, 1.82) is 0 Å². The van der Waals surface area contributed by atoms with Crippen LogP contribution < -0.4 is 0 Å². The number of β-amino-alcohol motifs (C(OH)–C–C–N with tert-alkyl or cyclic N) is 1. The first-order chi connectivity index (χ1) is 6.46. The fourth-order valence-electron chi connectivity index (χ4n) is 2.09. The summed E-state index contributed by atoms with van der Waals surface area (Å²) < 4.78 is 0. The minimum atomic E-state index is -0.611. The zero-order valence-corrected chi connectivity index (χ0v) is 9.42. The summed E-state index contributed by atoms with van der Waals surface area (Å²) in [5.41, 5.74) is -0.611. The zero-order valence-electron chi connectivity index (χ0n) is 9.42. The SMILES string of the molecule is CCC(=O)C(C)N1CCCC(C)(O)C1. The smallest absolute Gasteiger partial charge is 0.149 e. The number of likely N-dealkylation sites (tertiary alicyclic amines) is 1. The van der Waals surface area contributed by atoms with Gasteiger partial charge < -0.3 is 5.11 Å². The van der Waals surface area contributed by atoms with E-state index in [4.69, 9.17) is 0 Å². The quantitative estimate of drug-likeness (QED) is 0.742. The van der Waals surface area contributed by atoms with Gasteiger partial charge in [0.2, 0.25) is 0 Å². The number of aliphatic hydroxyl groups is 1. The lowest BCUT2D eigenvalue weighted by atomic mass is 9.93. The van der Waals surface area contributed by atoms with Crippen LogP contribution >= 0.6 is 0 Å². The Hall–Kier alpha value is -0.410. The number of hydrogen-bond acceptors (Lipinski definition) is 3. The van der Waals surface area contributed by atoms with E-state index in [-0.39, 0.29) is 11.8 Å². The van der Waals surface area contributed by atoms with Crippen LogP contribution in [0.4, 0.5) is 0 Å². The van der Waals surface area contributed by atoms with Crippen LogP contribution in [0.1, 0.15) is 40.0 Å². The maximum Gasteiger partial charge on any atom is 0.149 e. The molecule has 0 spiro atoms. The average Bonchev–Trinajstić information content (AvgIpc) is 2.14. The highest BCUT2D eigenvalue weighted by atomic mass is 16.3. The molecular weight excluding hydrogens is 178 g/mol. The first-order valence-corrected chi connectivity index (χ1v) is 5.45. The van der Waals surface area contributed by atoms with E-state index in [0.29, 0.717) is 13.0 Å². The van der Waals surface area contributed by atoms with Crippen molar-refractivity contribution in [1.82, 2.24) is 4.90 Å². The lowest BCUT2D eigenvalue weighted by Crippen LogP contribution is -2.51. The van der Waals surface area contributed by atoms with Crippen LogP contribution in [-0.2, 0) is 4.79 Å². The fourth-order valence-corrected chi connectivity index (χ4v) is 2.09. The van der Waals surface area contributed by atoms with Gasteiger partial charge in [0.15, 0.2) is 0 Å². The second-order valence-corrected chi connectivity index (χ2v) is 4.57. The molecule has 0 saturated carbocycles. The van der Waals surface area contributed by atoms with Crippen molar-refractivity contribution in [2.45, 2.75) is 51.7 Å². The van der Waals surface area contributed by atoms with E-state index in [1.807, 2.05) is 20.8 Å². The molecule has 0 aromatic rings. The molecule has 0 radical (unpaired) electrons. The van der Waals surface area contributed by atoms with Crippen LogP contribution in [0, 0.1) is 0 Å². The number of hydrogen-bond donors (Lipinski definition) is 1. The summed E-state index contributed by atoms with van der Waals surface area (Å²) in [6.45, 7) is 7.24. The number of Topliss-reactive ketones (excluding diaryl/α,β-unsaturated/α-hetero) is 1. The fraction of sp³-hybridized carbons (Fsp3) is 0.909. The Kier molecular flexibility index (Phi) is 3.67. The number of piperidine rings is 1. The van der Waals surface area contributed by atoms with E-state index in [1.54, 1.807) is 0 Å². The first kappa shape index (κ1) is 11.7. The molecule has 0 aromatic carbocycles. The van der Waals surface area contributed by atoms with Crippen molar-refractivity contribution in [2.75, 3.05) is 13.1 Å². The van der Waals surface area contributed by atoms with Crippen LogP contribution in [0.25, 0.3) is 0 Å². The summed E-state index contributed by atoms with van der Waals surface area (Å²) in [4.78, 5) is 13.6. The maximum absolute atomic E-state index is 11.5. The zero-order chi connectivity index (χ0) is 10.8. The molecular formula is C11H21NO2. The second kappa shape index (κ2) is 4.41. The molecule has 14 heavy (non-hydrogen) atoms. The predicted molar refractivity (Wildman–Crippen MR) is 56.2 cm³/mol. The number of ketones is 1. The Balaban J connectivity index is 2.56. The number of carbonyl (C=O) groups is 1. The van der Waals surface area contributed by atoms with E-state index < -0.39 is 5.60 Å². The highest BCUT2D eigenvalue weighted by Gasteiger charge is 2.32. The van der Waals surface area contributed by atoms with Gasteiger partial charge in [-0.2, -0.15) is 0 Å². The largest absolute Gasteiger partial charge is 0.389 e. The van der Waals surface area contributed by atoms with Gasteiger partial charge in [0.1, 0.15) is 5.78 Å². The van der Waals surface area contributed by atoms with Gasteiger partial charge in [-0.1, -0.05) is 6.92 Å². The molecule has 2 unspecified atom stereocenters. The summed E-state index contributed by atoms with van der Waals surface area (Å²) in [6, 6.07) is -0.0354. The molecule has 1 rings (SSSR count). The number of rotatable bonds is 3. The molecule has 3 nitrogen and oxygen atoms in total. The molecule has 0 aliphatic carbocycles. The Labute approximate surface area is 86.1 Å². The lowest BCUT2D eigenvalue weighted by Gasteiger charge is -2.39. The third-order valence-corrected chi connectivity index (χ3v) is 3.07. The molecule has 0 aromatic heterocycles. The van der Waals surface area contributed by atoms with Gasteiger partial charge in [0.05, 0.1) is 11.6 Å². The molecule has 2 atom stereocenters. The molecule has 1 saturated heterocycles. The van der Waals surface area contributed by atoms with E-state index >= 15 is 0 Å². The minimum absolute atomic E-state index is 0.0354. The van der Waals surface area contributed by atoms with Crippen molar-refractivity contribution in [3.63, 3.8) is 0 Å². The Morgan fingerprint density at radius 1 is 1.64 bits per heavy atom. The topological polar surface area (TPSA) is 40.5 Å². The van der Waals surface area contributed by atoms with Gasteiger partial charge in [0.25, 0.3) is 0 Å². The molecule has 1 aliphatic heterocycles. The molecule has 1 heterocycles. The molecule has 82 valence electrons. The van der Waals surface area contributed by atoms with Crippen LogP contribution in [0.5, 0.6) is 0 Å². The lowest BCUT2D eigenvalue weighted by molar-refractivity contribution is -0.125. The minimum Gasteiger partial charge on any atom is -0.389 e. The third kappa shape index (κ3) is 2.79. The molecule has 0 amide bonds. The van der Waals surface area contributed by atoms with Crippen molar-refractivity contribution in [2.24, 2.45) is 0 Å². The Bertz CT molecular complexity index is 213. The van der Waals surface area contributed by atoms with E-state index in [9.17, 15) is 9.90 Å². The van der Waals surface area contributed by atoms with Crippen LogP contribution in [-0.4, -0.2) is 40.5 Å². The van der Waals surface area contributed by atoms with Crippen molar-refractivity contribution in [3.8, 4) is 0 Å². The van der Waals surface area contributed by atoms with Gasteiger partial charge in [-0.15, -0.1) is 0 Å². The molecule has 3 heteroatoms. The van der Waals surface area contributed by atoms with Gasteiger partial charge >= 0.3 is 0 Å². The van der Waals surface area contributed by atoms with E-state index in [2.05, 4.69) is 4.90 Å².